The number of aromatic nitrogens is 1. The lowest BCUT2D eigenvalue weighted by molar-refractivity contribution is -0.141. The molecular formula is C17H16ClN3O3. The van der Waals surface area contributed by atoms with Crippen molar-refractivity contribution in [1.82, 2.24) is 4.98 Å². The fourth-order valence-electron chi connectivity index (χ4n) is 3.06. The van der Waals surface area contributed by atoms with Gasteiger partial charge in [-0.15, -0.1) is 0 Å². The molecule has 0 radical (unpaired) electrons. The van der Waals surface area contributed by atoms with Gasteiger partial charge < -0.3 is 15.7 Å². The van der Waals surface area contributed by atoms with Crippen LogP contribution in [0.25, 0.3) is 0 Å². The maximum atomic E-state index is 11.6. The quantitative estimate of drug-likeness (QED) is 0.884. The van der Waals surface area contributed by atoms with E-state index in [1.807, 2.05) is 35.2 Å². The molecule has 2 aromatic rings. The standard InChI is InChI=1S/C17H16ClN3O3/c18-14-6-11(15(19)22)7-20-16(14)21-8-12(13(9-21)17(23)24)10-4-2-1-3-5-10/h1-7,12-13H,8-9H2,(H2,19,22)(H,23,24)/t12-,13+/m1/s1. The highest BCUT2D eigenvalue weighted by Gasteiger charge is 2.39. The van der Waals surface area contributed by atoms with Crippen LogP contribution in [0.5, 0.6) is 0 Å². The number of carboxylic acids is 1. The van der Waals surface area contributed by atoms with Crippen molar-refractivity contribution < 1.29 is 14.7 Å². The molecule has 0 bridgehead atoms. The van der Waals surface area contributed by atoms with Gasteiger partial charge in [0.2, 0.25) is 5.91 Å². The Morgan fingerprint density at radius 3 is 2.54 bits per heavy atom. The van der Waals surface area contributed by atoms with Gasteiger partial charge in [-0.2, -0.15) is 0 Å². The van der Waals surface area contributed by atoms with E-state index in [0.29, 0.717) is 18.9 Å². The molecule has 3 N–H and O–H groups in total. The Bertz CT molecular complexity index is 782. The number of halogens is 1. The first kappa shape index (κ1) is 16.3. The van der Waals surface area contributed by atoms with Crippen molar-refractivity contribution in [3.05, 3.63) is 58.7 Å². The third-order valence-corrected chi connectivity index (χ3v) is 4.55. The van der Waals surface area contributed by atoms with E-state index in [1.165, 1.54) is 12.3 Å². The molecule has 24 heavy (non-hydrogen) atoms. The van der Waals surface area contributed by atoms with Gasteiger partial charge in [-0.1, -0.05) is 41.9 Å². The van der Waals surface area contributed by atoms with Crippen LogP contribution in [0, 0.1) is 5.92 Å². The Morgan fingerprint density at radius 2 is 1.96 bits per heavy atom. The van der Waals surface area contributed by atoms with Gasteiger partial charge in [0, 0.05) is 25.2 Å². The molecule has 3 rings (SSSR count). The molecule has 6 nitrogen and oxygen atoms in total. The molecule has 2 atom stereocenters. The summed E-state index contributed by atoms with van der Waals surface area (Å²) in [5.41, 5.74) is 6.41. The van der Waals surface area contributed by atoms with Crippen molar-refractivity contribution in [3.63, 3.8) is 0 Å². The first-order valence-corrected chi connectivity index (χ1v) is 7.83. The Labute approximate surface area is 143 Å². The normalized spacial score (nSPS) is 20.1. The number of primary amides is 1. The van der Waals surface area contributed by atoms with Crippen LogP contribution in [-0.2, 0) is 4.79 Å². The predicted molar refractivity (Wildman–Crippen MR) is 90.3 cm³/mol. The number of nitrogens with zero attached hydrogens (tertiary/aromatic N) is 2. The molecular weight excluding hydrogens is 330 g/mol. The van der Waals surface area contributed by atoms with Gasteiger partial charge in [0.1, 0.15) is 5.82 Å². The minimum absolute atomic E-state index is 0.155. The van der Waals surface area contributed by atoms with Gasteiger partial charge in [0.25, 0.3) is 0 Å². The maximum Gasteiger partial charge on any atom is 0.308 e. The molecule has 1 aromatic carbocycles. The van der Waals surface area contributed by atoms with Gasteiger partial charge in [0.15, 0.2) is 0 Å². The highest BCUT2D eigenvalue weighted by atomic mass is 35.5. The summed E-state index contributed by atoms with van der Waals surface area (Å²) in [5.74, 6) is -1.70. The van der Waals surface area contributed by atoms with E-state index < -0.39 is 17.8 Å². The molecule has 1 aromatic heterocycles. The number of benzene rings is 1. The molecule has 1 fully saturated rings. The van der Waals surface area contributed by atoms with Crippen molar-refractivity contribution in [2.45, 2.75) is 5.92 Å². The number of hydrogen-bond acceptors (Lipinski definition) is 4. The first-order valence-electron chi connectivity index (χ1n) is 7.45. The molecule has 0 spiro atoms. The summed E-state index contributed by atoms with van der Waals surface area (Å²) in [6.07, 6.45) is 1.36. The molecule has 1 saturated heterocycles. The summed E-state index contributed by atoms with van der Waals surface area (Å²) in [4.78, 5) is 28.9. The number of amides is 1. The molecule has 0 unspecified atom stereocenters. The second-order valence-electron chi connectivity index (χ2n) is 5.76. The van der Waals surface area contributed by atoms with Gasteiger partial charge in [0.05, 0.1) is 16.5 Å². The largest absolute Gasteiger partial charge is 0.481 e. The molecule has 2 heterocycles. The number of carbonyl (C=O) groups is 2. The van der Waals surface area contributed by atoms with Crippen LogP contribution in [0.3, 0.4) is 0 Å². The summed E-state index contributed by atoms with van der Waals surface area (Å²) in [6.45, 7) is 0.793. The summed E-state index contributed by atoms with van der Waals surface area (Å²) >= 11 is 6.22. The molecule has 1 amide bonds. The number of nitrogens with two attached hydrogens (primary N) is 1. The Balaban J connectivity index is 1.91. The topological polar surface area (TPSA) is 96.5 Å². The van der Waals surface area contributed by atoms with E-state index in [0.717, 1.165) is 5.56 Å². The third kappa shape index (κ3) is 3.05. The van der Waals surface area contributed by atoms with Crippen molar-refractivity contribution in [3.8, 4) is 0 Å². The summed E-state index contributed by atoms with van der Waals surface area (Å²) in [7, 11) is 0. The molecule has 0 aliphatic carbocycles. The average molecular weight is 346 g/mol. The number of rotatable bonds is 4. The third-order valence-electron chi connectivity index (χ3n) is 4.27. The first-order chi connectivity index (χ1) is 11.5. The van der Waals surface area contributed by atoms with E-state index >= 15 is 0 Å². The number of aliphatic carboxylic acids is 1. The Morgan fingerprint density at radius 1 is 1.25 bits per heavy atom. The zero-order valence-corrected chi connectivity index (χ0v) is 13.5. The summed E-state index contributed by atoms with van der Waals surface area (Å²) in [6, 6.07) is 11.0. The average Bonchev–Trinajstić information content (AvgIpc) is 3.00. The van der Waals surface area contributed by atoms with Gasteiger partial charge >= 0.3 is 5.97 Å². The predicted octanol–water partition coefficient (Wildman–Crippen LogP) is 2.14. The minimum atomic E-state index is -0.851. The number of carboxylic acid groups (broad SMARTS) is 1. The smallest absolute Gasteiger partial charge is 0.308 e. The van der Waals surface area contributed by atoms with Gasteiger partial charge in [-0.25, -0.2) is 4.98 Å². The number of hydrogen-bond donors (Lipinski definition) is 2. The van der Waals surface area contributed by atoms with Crippen LogP contribution in [0.4, 0.5) is 5.82 Å². The molecule has 0 saturated carbocycles. The fraction of sp³-hybridized carbons (Fsp3) is 0.235. The Kier molecular flexibility index (Phi) is 4.40. The van der Waals surface area contributed by atoms with Crippen LogP contribution in [0.1, 0.15) is 21.8 Å². The number of carbonyl (C=O) groups excluding carboxylic acids is 1. The zero-order valence-electron chi connectivity index (χ0n) is 12.7. The van der Waals surface area contributed by atoms with Gasteiger partial charge in [-0.05, 0) is 11.6 Å². The zero-order chi connectivity index (χ0) is 17.3. The summed E-state index contributed by atoms with van der Waals surface area (Å²) in [5, 5.41) is 9.84. The highest BCUT2D eigenvalue weighted by Crippen LogP contribution is 2.37. The Hall–Kier alpha value is -2.60. The van der Waals surface area contributed by atoms with Crippen LogP contribution >= 0.6 is 11.6 Å². The van der Waals surface area contributed by atoms with E-state index in [-0.39, 0.29) is 16.5 Å². The lowest BCUT2D eigenvalue weighted by Crippen LogP contribution is -2.24. The monoisotopic (exact) mass is 345 g/mol. The van der Waals surface area contributed by atoms with Crippen LogP contribution in [0.2, 0.25) is 5.02 Å². The molecule has 1 aliphatic rings. The maximum absolute atomic E-state index is 11.6. The lowest BCUT2D eigenvalue weighted by atomic mass is 9.89. The van der Waals surface area contributed by atoms with E-state index in [2.05, 4.69) is 4.98 Å². The van der Waals surface area contributed by atoms with Crippen molar-refractivity contribution in [2.24, 2.45) is 11.7 Å². The van der Waals surface area contributed by atoms with E-state index in [9.17, 15) is 14.7 Å². The van der Waals surface area contributed by atoms with Crippen molar-refractivity contribution in [1.29, 1.82) is 0 Å². The van der Waals surface area contributed by atoms with Crippen molar-refractivity contribution >= 4 is 29.3 Å². The van der Waals surface area contributed by atoms with E-state index in [4.69, 9.17) is 17.3 Å². The lowest BCUT2D eigenvalue weighted by Gasteiger charge is -2.19. The number of anilines is 1. The second kappa shape index (κ2) is 6.49. The molecule has 124 valence electrons. The number of pyridine rings is 1. The minimum Gasteiger partial charge on any atom is -0.481 e. The summed E-state index contributed by atoms with van der Waals surface area (Å²) < 4.78 is 0. The molecule has 1 aliphatic heterocycles. The fourth-order valence-corrected chi connectivity index (χ4v) is 3.35. The highest BCUT2D eigenvalue weighted by molar-refractivity contribution is 6.33. The molecule has 7 heteroatoms. The van der Waals surface area contributed by atoms with Crippen LogP contribution in [-0.4, -0.2) is 35.1 Å². The van der Waals surface area contributed by atoms with Crippen molar-refractivity contribution in [2.75, 3.05) is 18.0 Å². The SMILES string of the molecule is NC(=O)c1cnc(N2C[C@H](C(=O)O)[C@@H](c3ccccc3)C2)c(Cl)c1. The van der Waals surface area contributed by atoms with Crippen LogP contribution < -0.4 is 10.6 Å². The second-order valence-corrected chi connectivity index (χ2v) is 6.17. The van der Waals surface area contributed by atoms with Crippen LogP contribution in [0.15, 0.2) is 42.6 Å². The van der Waals surface area contributed by atoms with E-state index in [1.54, 1.807) is 0 Å². The van der Waals surface area contributed by atoms with Gasteiger partial charge in [-0.3, -0.25) is 9.59 Å².